The summed E-state index contributed by atoms with van der Waals surface area (Å²) in [5.41, 5.74) is 2.20. The van der Waals surface area contributed by atoms with Crippen molar-refractivity contribution in [2.24, 2.45) is 0 Å². The van der Waals surface area contributed by atoms with E-state index in [9.17, 15) is 9.59 Å². The first kappa shape index (κ1) is 22.1. The molecule has 0 atom stereocenters. The Morgan fingerprint density at radius 2 is 1.58 bits per heavy atom. The third-order valence-electron chi connectivity index (χ3n) is 4.43. The quantitative estimate of drug-likeness (QED) is 0.544. The smallest absolute Gasteiger partial charge is 0.234 e. The van der Waals surface area contributed by atoms with Crippen LogP contribution in [-0.2, 0) is 24.6 Å². The topological polar surface area (TPSA) is 72.8 Å². The van der Waals surface area contributed by atoms with E-state index in [1.807, 2.05) is 74.8 Å². The molecule has 2 aromatic carbocycles. The first-order chi connectivity index (χ1) is 15.0. The summed E-state index contributed by atoms with van der Waals surface area (Å²) in [6, 6.07) is 20.7. The molecule has 162 valence electrons. The van der Waals surface area contributed by atoms with Crippen LogP contribution in [0.4, 0.5) is 0 Å². The second-order valence-corrected chi connectivity index (χ2v) is 7.37. The van der Waals surface area contributed by atoms with Crippen molar-refractivity contribution < 1.29 is 14.4 Å². The molecule has 0 radical (unpaired) electrons. The maximum Gasteiger partial charge on any atom is 0.234 e. The van der Waals surface area contributed by atoms with E-state index >= 15 is 0 Å². The minimum absolute atomic E-state index is 0.142. The Morgan fingerprint density at radius 1 is 0.968 bits per heavy atom. The molecule has 1 N–H and O–H groups in total. The van der Waals surface area contributed by atoms with Gasteiger partial charge in [0.2, 0.25) is 11.3 Å². The molecule has 3 aromatic rings. The molecule has 0 aliphatic heterocycles. The number of ether oxygens (including phenoxy) is 1. The summed E-state index contributed by atoms with van der Waals surface area (Å²) >= 11 is 0. The van der Waals surface area contributed by atoms with E-state index in [2.05, 4.69) is 5.32 Å². The van der Waals surface area contributed by atoms with Crippen LogP contribution in [0.5, 0.6) is 5.75 Å². The lowest BCUT2D eigenvalue weighted by atomic mass is 10.2. The highest BCUT2D eigenvalue weighted by Gasteiger charge is 2.11. The first-order valence-electron chi connectivity index (χ1n) is 10.0. The third-order valence-corrected chi connectivity index (χ3v) is 4.43. The van der Waals surface area contributed by atoms with Gasteiger partial charge in [0, 0.05) is 6.07 Å². The monoisotopic (exact) mass is 421 g/mol. The van der Waals surface area contributed by atoms with Crippen molar-refractivity contribution >= 4 is 5.91 Å². The molecule has 0 spiro atoms. The van der Waals surface area contributed by atoms with Gasteiger partial charge in [-0.25, -0.2) is 0 Å². The van der Waals surface area contributed by atoms with Gasteiger partial charge in [-0.1, -0.05) is 60.7 Å². The summed E-state index contributed by atoms with van der Waals surface area (Å²) in [5.74, 6) is 0.0387. The van der Waals surface area contributed by atoms with Crippen LogP contribution in [0.3, 0.4) is 0 Å². The molecular weight excluding hydrogens is 394 g/mol. The second kappa shape index (κ2) is 11.0. The lowest BCUT2D eigenvalue weighted by molar-refractivity contribution is -0.121. The van der Waals surface area contributed by atoms with E-state index in [1.165, 1.54) is 17.0 Å². The Labute approximate surface area is 181 Å². The summed E-state index contributed by atoms with van der Waals surface area (Å²) in [6.45, 7) is 0.997. The average Bonchev–Trinajstić information content (AvgIpc) is 2.77. The zero-order valence-electron chi connectivity index (χ0n) is 17.8. The maximum atomic E-state index is 12.6. The number of hydrogen-bond donors (Lipinski definition) is 1. The van der Waals surface area contributed by atoms with E-state index in [1.54, 1.807) is 4.90 Å². The van der Waals surface area contributed by atoms with Crippen LogP contribution in [-0.4, -0.2) is 36.2 Å². The normalized spacial score (nSPS) is 10.7. The van der Waals surface area contributed by atoms with Crippen LogP contribution in [0.2, 0.25) is 0 Å². The molecule has 0 saturated carbocycles. The number of likely N-dealkylation sites (N-methyl/N-ethyl adjacent to an activating group) is 1. The summed E-state index contributed by atoms with van der Waals surface area (Å²) < 4.78 is 7.23. The van der Waals surface area contributed by atoms with Gasteiger partial charge in [0.25, 0.3) is 0 Å². The Balaban J connectivity index is 1.77. The van der Waals surface area contributed by atoms with Crippen molar-refractivity contribution in [1.82, 2.24) is 14.9 Å². The highest BCUT2D eigenvalue weighted by Crippen LogP contribution is 2.10. The number of nitrogens with one attached hydrogen (secondary N) is 1. The fraction of sp³-hybridized carbons (Fsp3) is 0.250. The van der Waals surface area contributed by atoms with Gasteiger partial charge in [-0.3, -0.25) is 9.59 Å². The van der Waals surface area contributed by atoms with Crippen molar-refractivity contribution in [1.29, 1.82) is 0 Å². The number of nitrogens with zero attached hydrogens (tertiary/aromatic N) is 2. The lowest BCUT2D eigenvalue weighted by Crippen LogP contribution is -2.34. The molecule has 0 fully saturated rings. The predicted octanol–water partition coefficient (Wildman–Crippen LogP) is 2.23. The molecule has 0 aliphatic carbocycles. The van der Waals surface area contributed by atoms with Gasteiger partial charge >= 0.3 is 0 Å². The van der Waals surface area contributed by atoms with Gasteiger partial charge in [-0.2, -0.15) is 4.73 Å². The molecule has 1 amide bonds. The van der Waals surface area contributed by atoms with Crippen molar-refractivity contribution in [2.45, 2.75) is 19.8 Å². The second-order valence-electron chi connectivity index (χ2n) is 7.37. The zero-order valence-corrected chi connectivity index (χ0v) is 17.8. The fourth-order valence-corrected chi connectivity index (χ4v) is 2.88. The number of amides is 1. The molecule has 0 saturated heterocycles. The predicted molar refractivity (Wildman–Crippen MR) is 119 cm³/mol. The first-order valence-corrected chi connectivity index (χ1v) is 10.0. The molecule has 7 heteroatoms. The molecule has 31 heavy (non-hydrogen) atoms. The number of pyridine rings is 1. The van der Waals surface area contributed by atoms with Crippen molar-refractivity contribution in [3.8, 4) is 5.75 Å². The number of hydrogen-bond acceptors (Lipinski definition) is 5. The van der Waals surface area contributed by atoms with E-state index < -0.39 is 0 Å². The number of benzene rings is 2. The van der Waals surface area contributed by atoms with Gasteiger partial charge < -0.3 is 19.8 Å². The molecule has 0 aliphatic rings. The van der Waals surface area contributed by atoms with E-state index in [4.69, 9.17) is 9.57 Å². The number of aromatic nitrogens is 1. The van der Waals surface area contributed by atoms with Gasteiger partial charge in [-0.15, -0.1) is 0 Å². The number of carbonyl (C=O) groups is 1. The van der Waals surface area contributed by atoms with Gasteiger partial charge in [0.1, 0.15) is 13.2 Å². The minimum Gasteiger partial charge on any atom is -0.483 e. The van der Waals surface area contributed by atoms with Gasteiger partial charge in [0.05, 0.1) is 25.0 Å². The van der Waals surface area contributed by atoms with Crippen LogP contribution < -0.4 is 20.3 Å². The fourth-order valence-electron chi connectivity index (χ4n) is 2.88. The molecule has 7 nitrogen and oxygen atoms in total. The van der Waals surface area contributed by atoms with Crippen LogP contribution in [0.15, 0.2) is 77.7 Å². The molecule has 0 bridgehead atoms. The Kier molecular flexibility index (Phi) is 7.84. The Bertz CT molecular complexity index is 1030. The molecular formula is C24H27N3O4. The average molecular weight is 421 g/mol. The van der Waals surface area contributed by atoms with Crippen LogP contribution >= 0.6 is 0 Å². The number of carbonyl (C=O) groups excluding carboxylic acids is 1. The summed E-state index contributed by atoms with van der Waals surface area (Å²) in [5, 5.41) is 2.81. The lowest BCUT2D eigenvalue weighted by Gasteiger charge is -2.17. The van der Waals surface area contributed by atoms with Crippen LogP contribution in [0.1, 0.15) is 16.8 Å². The van der Waals surface area contributed by atoms with E-state index in [0.717, 1.165) is 11.1 Å². The summed E-state index contributed by atoms with van der Waals surface area (Å²) in [6.07, 6.45) is 1.53. The summed E-state index contributed by atoms with van der Waals surface area (Å²) in [7, 11) is 3.63. The minimum atomic E-state index is -0.271. The highest BCUT2D eigenvalue weighted by atomic mass is 16.7. The third kappa shape index (κ3) is 7.01. The summed E-state index contributed by atoms with van der Waals surface area (Å²) in [4.78, 5) is 32.3. The number of rotatable bonds is 10. The van der Waals surface area contributed by atoms with Gasteiger partial charge in [-0.05, 0) is 25.2 Å². The zero-order chi connectivity index (χ0) is 22.1. The largest absolute Gasteiger partial charge is 0.483 e. The van der Waals surface area contributed by atoms with Crippen molar-refractivity contribution in [3.63, 3.8) is 0 Å². The van der Waals surface area contributed by atoms with Crippen molar-refractivity contribution in [3.05, 3.63) is 100.0 Å². The molecule has 3 rings (SSSR count). The van der Waals surface area contributed by atoms with Crippen molar-refractivity contribution in [2.75, 3.05) is 20.6 Å². The van der Waals surface area contributed by atoms with E-state index in [0.29, 0.717) is 12.3 Å². The standard InChI is InChI=1S/C24H27N3O4/c1-26(2)16-24(29)25-14-21-13-22(28)23(30-17-19-9-5-3-6-10-19)15-27(21)31-18-20-11-7-4-8-12-20/h3-13,15H,14,16-18H2,1-2H3,(H,25,29). The SMILES string of the molecule is CN(C)CC(=O)NCc1cc(=O)c(OCc2ccccc2)cn1OCc1ccccc1. The maximum absolute atomic E-state index is 12.6. The Morgan fingerprint density at radius 3 is 2.19 bits per heavy atom. The van der Waals surface area contributed by atoms with E-state index in [-0.39, 0.29) is 36.8 Å². The Hall–Kier alpha value is -3.58. The van der Waals surface area contributed by atoms with Crippen LogP contribution in [0.25, 0.3) is 0 Å². The molecule has 1 aromatic heterocycles. The van der Waals surface area contributed by atoms with Crippen LogP contribution in [0, 0.1) is 0 Å². The molecule has 0 unspecified atom stereocenters. The highest BCUT2D eigenvalue weighted by molar-refractivity contribution is 5.77. The molecule has 1 heterocycles. The van der Waals surface area contributed by atoms with Gasteiger partial charge in [0.15, 0.2) is 5.75 Å².